The second-order valence-corrected chi connectivity index (χ2v) is 5.55. The highest BCUT2D eigenvalue weighted by molar-refractivity contribution is 5.28. The first kappa shape index (κ1) is 17.0. The summed E-state index contributed by atoms with van der Waals surface area (Å²) in [5.41, 5.74) is 0.669. The minimum atomic E-state index is -0.625. The van der Waals surface area contributed by atoms with Gasteiger partial charge in [-0.1, -0.05) is 12.1 Å². The SMILES string of the molecule is CCOc1ccc(C(O)COCCOC(C)(C)C)cc1. The Hall–Kier alpha value is -1.10. The fourth-order valence-corrected chi connectivity index (χ4v) is 1.65. The van der Waals surface area contributed by atoms with Crippen LogP contribution in [0.4, 0.5) is 0 Å². The fourth-order valence-electron chi connectivity index (χ4n) is 1.65. The van der Waals surface area contributed by atoms with Crippen molar-refractivity contribution in [3.05, 3.63) is 29.8 Å². The van der Waals surface area contributed by atoms with Crippen LogP contribution in [0.5, 0.6) is 5.75 Å². The van der Waals surface area contributed by atoms with E-state index in [9.17, 15) is 5.11 Å². The third-order valence-electron chi connectivity index (χ3n) is 2.61. The molecule has 0 spiro atoms. The molecule has 1 aromatic rings. The lowest BCUT2D eigenvalue weighted by Gasteiger charge is -2.19. The standard InChI is InChI=1S/C16H26O4/c1-5-19-14-8-6-13(7-9-14)15(17)12-18-10-11-20-16(2,3)4/h6-9,15,17H,5,10-12H2,1-4H3. The Morgan fingerprint density at radius 3 is 2.30 bits per heavy atom. The Morgan fingerprint density at radius 1 is 1.10 bits per heavy atom. The summed E-state index contributed by atoms with van der Waals surface area (Å²) in [7, 11) is 0. The lowest BCUT2D eigenvalue weighted by Crippen LogP contribution is -2.22. The molecule has 0 radical (unpaired) electrons. The number of rotatable bonds is 8. The van der Waals surface area contributed by atoms with Crippen molar-refractivity contribution in [1.29, 1.82) is 0 Å². The molecule has 0 aliphatic heterocycles. The Kier molecular flexibility index (Phi) is 6.99. The largest absolute Gasteiger partial charge is 0.494 e. The minimum absolute atomic E-state index is 0.156. The van der Waals surface area contributed by atoms with E-state index in [0.717, 1.165) is 11.3 Å². The highest BCUT2D eigenvalue weighted by atomic mass is 16.5. The van der Waals surface area contributed by atoms with Crippen LogP contribution in [0.25, 0.3) is 0 Å². The molecule has 1 N–H and O–H groups in total. The first-order chi connectivity index (χ1) is 9.42. The van der Waals surface area contributed by atoms with Gasteiger partial charge in [0.15, 0.2) is 0 Å². The van der Waals surface area contributed by atoms with Gasteiger partial charge in [-0.25, -0.2) is 0 Å². The first-order valence-corrected chi connectivity index (χ1v) is 7.05. The molecule has 0 bridgehead atoms. The molecule has 114 valence electrons. The van der Waals surface area contributed by atoms with Crippen LogP contribution in [0, 0.1) is 0 Å². The molecular weight excluding hydrogens is 256 g/mol. The van der Waals surface area contributed by atoms with Crippen LogP contribution in [-0.2, 0) is 9.47 Å². The molecule has 1 atom stereocenters. The van der Waals surface area contributed by atoms with Gasteiger partial charge in [0.05, 0.1) is 32.0 Å². The van der Waals surface area contributed by atoms with Gasteiger partial charge in [0.2, 0.25) is 0 Å². The molecule has 0 aromatic heterocycles. The number of hydrogen-bond acceptors (Lipinski definition) is 4. The van der Waals surface area contributed by atoms with Crippen LogP contribution >= 0.6 is 0 Å². The van der Waals surface area contributed by atoms with Gasteiger partial charge in [0, 0.05) is 0 Å². The van der Waals surface area contributed by atoms with Gasteiger partial charge >= 0.3 is 0 Å². The van der Waals surface area contributed by atoms with Crippen molar-refractivity contribution in [1.82, 2.24) is 0 Å². The summed E-state index contributed by atoms with van der Waals surface area (Å²) in [6.45, 7) is 9.85. The average Bonchev–Trinajstić information content (AvgIpc) is 2.38. The van der Waals surface area contributed by atoms with Gasteiger partial charge in [-0.05, 0) is 45.4 Å². The predicted molar refractivity (Wildman–Crippen MR) is 79.1 cm³/mol. The quantitative estimate of drug-likeness (QED) is 0.745. The first-order valence-electron chi connectivity index (χ1n) is 7.05. The molecule has 0 heterocycles. The number of aliphatic hydroxyl groups excluding tert-OH is 1. The van der Waals surface area contributed by atoms with Crippen molar-refractivity contribution in [2.24, 2.45) is 0 Å². The van der Waals surface area contributed by atoms with E-state index in [-0.39, 0.29) is 12.2 Å². The van der Waals surface area contributed by atoms with E-state index in [1.54, 1.807) is 0 Å². The lowest BCUT2D eigenvalue weighted by atomic mass is 10.1. The average molecular weight is 282 g/mol. The van der Waals surface area contributed by atoms with Crippen molar-refractivity contribution in [3.8, 4) is 5.75 Å². The van der Waals surface area contributed by atoms with Gasteiger partial charge in [0.25, 0.3) is 0 Å². The maximum atomic E-state index is 9.99. The smallest absolute Gasteiger partial charge is 0.119 e. The van der Waals surface area contributed by atoms with Gasteiger partial charge in [-0.15, -0.1) is 0 Å². The van der Waals surface area contributed by atoms with Crippen LogP contribution in [0.15, 0.2) is 24.3 Å². The molecule has 1 unspecified atom stereocenters. The van der Waals surface area contributed by atoms with Crippen LogP contribution in [0.1, 0.15) is 39.4 Å². The Bertz CT molecular complexity index is 367. The van der Waals surface area contributed by atoms with E-state index in [2.05, 4.69) is 0 Å². The summed E-state index contributed by atoms with van der Waals surface area (Å²) in [5.74, 6) is 0.808. The summed E-state index contributed by atoms with van der Waals surface area (Å²) in [6, 6.07) is 7.41. The minimum Gasteiger partial charge on any atom is -0.494 e. The second kappa shape index (κ2) is 8.25. The monoisotopic (exact) mass is 282 g/mol. The summed E-state index contributed by atoms with van der Waals surface area (Å²) in [6.07, 6.45) is -0.625. The number of hydrogen-bond donors (Lipinski definition) is 1. The molecule has 0 saturated carbocycles. The van der Waals surface area contributed by atoms with E-state index < -0.39 is 6.10 Å². The maximum Gasteiger partial charge on any atom is 0.119 e. The fraction of sp³-hybridized carbons (Fsp3) is 0.625. The molecule has 0 amide bonds. The van der Waals surface area contributed by atoms with E-state index in [1.807, 2.05) is 52.0 Å². The molecule has 0 aliphatic rings. The van der Waals surface area contributed by atoms with E-state index >= 15 is 0 Å². The number of ether oxygens (including phenoxy) is 3. The van der Waals surface area contributed by atoms with Gasteiger partial charge in [-0.3, -0.25) is 0 Å². The van der Waals surface area contributed by atoms with E-state index in [4.69, 9.17) is 14.2 Å². The Balaban J connectivity index is 2.26. The summed E-state index contributed by atoms with van der Waals surface area (Å²) in [4.78, 5) is 0. The Morgan fingerprint density at radius 2 is 1.75 bits per heavy atom. The van der Waals surface area contributed by atoms with Gasteiger partial charge < -0.3 is 19.3 Å². The van der Waals surface area contributed by atoms with Gasteiger partial charge in [0.1, 0.15) is 11.9 Å². The summed E-state index contributed by atoms with van der Waals surface area (Å²) < 4.78 is 16.3. The lowest BCUT2D eigenvalue weighted by molar-refractivity contribution is -0.0477. The number of benzene rings is 1. The zero-order valence-electron chi connectivity index (χ0n) is 12.9. The van der Waals surface area contributed by atoms with Crippen molar-refractivity contribution in [3.63, 3.8) is 0 Å². The Labute approximate surface area is 121 Å². The highest BCUT2D eigenvalue weighted by Gasteiger charge is 2.10. The molecule has 4 heteroatoms. The zero-order chi connectivity index (χ0) is 15.0. The van der Waals surface area contributed by atoms with E-state index in [1.165, 1.54) is 0 Å². The summed E-state index contributed by atoms with van der Waals surface area (Å²) >= 11 is 0. The van der Waals surface area contributed by atoms with Crippen LogP contribution < -0.4 is 4.74 Å². The molecular formula is C16H26O4. The van der Waals surface area contributed by atoms with Crippen molar-refractivity contribution >= 4 is 0 Å². The second-order valence-electron chi connectivity index (χ2n) is 5.55. The van der Waals surface area contributed by atoms with E-state index in [0.29, 0.717) is 19.8 Å². The molecule has 0 aliphatic carbocycles. The molecule has 1 rings (SSSR count). The van der Waals surface area contributed by atoms with Crippen LogP contribution in [-0.4, -0.2) is 37.1 Å². The van der Waals surface area contributed by atoms with Crippen molar-refractivity contribution < 1.29 is 19.3 Å². The van der Waals surface area contributed by atoms with Crippen LogP contribution in [0.3, 0.4) is 0 Å². The summed E-state index contributed by atoms with van der Waals surface area (Å²) in [5, 5.41) is 9.99. The van der Waals surface area contributed by atoms with Crippen molar-refractivity contribution in [2.75, 3.05) is 26.4 Å². The molecule has 0 saturated heterocycles. The highest BCUT2D eigenvalue weighted by Crippen LogP contribution is 2.18. The molecule has 20 heavy (non-hydrogen) atoms. The topological polar surface area (TPSA) is 47.9 Å². The normalized spacial score (nSPS) is 13.2. The third-order valence-corrected chi connectivity index (χ3v) is 2.61. The molecule has 0 fully saturated rings. The predicted octanol–water partition coefficient (Wildman–Crippen LogP) is 2.95. The molecule has 1 aromatic carbocycles. The van der Waals surface area contributed by atoms with Crippen LogP contribution in [0.2, 0.25) is 0 Å². The number of aliphatic hydroxyl groups is 1. The van der Waals surface area contributed by atoms with Gasteiger partial charge in [-0.2, -0.15) is 0 Å². The zero-order valence-corrected chi connectivity index (χ0v) is 12.9. The van der Waals surface area contributed by atoms with Crippen molar-refractivity contribution in [2.45, 2.75) is 39.4 Å². The third kappa shape index (κ3) is 6.89. The molecule has 4 nitrogen and oxygen atoms in total. The maximum absolute atomic E-state index is 9.99.